The average Bonchev–Trinajstić information content (AvgIpc) is 2.63. The second-order valence-corrected chi connectivity index (χ2v) is 6.52. The highest BCUT2D eigenvalue weighted by molar-refractivity contribution is 7.98. The van der Waals surface area contributed by atoms with Crippen molar-refractivity contribution >= 4 is 17.4 Å². The maximum atomic E-state index is 7.41. The predicted molar refractivity (Wildman–Crippen MR) is 85.4 cm³/mol. The second kappa shape index (κ2) is 5.34. The molecule has 1 atom stereocenters. The molecular weight excluding hydrogens is 262 g/mol. The fourth-order valence-corrected chi connectivity index (χ4v) is 4.20. The maximum Gasteiger partial charge on any atom is 0.191 e. The van der Waals surface area contributed by atoms with Gasteiger partial charge in [0.1, 0.15) is 0 Å². The quantitative estimate of drug-likeness (QED) is 0.612. The lowest BCUT2D eigenvalue weighted by Crippen LogP contribution is -2.10. The van der Waals surface area contributed by atoms with Gasteiger partial charge in [-0.3, -0.25) is 0 Å². The molecule has 20 heavy (non-hydrogen) atoms. The Labute approximate surface area is 124 Å². The van der Waals surface area contributed by atoms with Gasteiger partial charge in [0, 0.05) is 16.6 Å². The lowest BCUT2D eigenvalue weighted by atomic mass is 9.80. The first kappa shape index (κ1) is 13.3. The zero-order valence-corrected chi connectivity index (χ0v) is 12.6. The smallest absolute Gasteiger partial charge is 0.191 e. The monoisotopic (exact) mass is 279 g/mol. The number of thioether (sulfide) groups is 1. The van der Waals surface area contributed by atoms with E-state index in [9.17, 15) is 0 Å². The molecule has 0 saturated carbocycles. The van der Waals surface area contributed by atoms with Gasteiger partial charge in [0.2, 0.25) is 0 Å². The molecule has 0 saturated heterocycles. The van der Waals surface area contributed by atoms with E-state index in [4.69, 9.17) is 6.57 Å². The van der Waals surface area contributed by atoms with Crippen LogP contribution in [0.4, 0.5) is 5.69 Å². The molecule has 0 aromatic heterocycles. The summed E-state index contributed by atoms with van der Waals surface area (Å²) in [5, 5.41) is 0. The summed E-state index contributed by atoms with van der Waals surface area (Å²) in [5.41, 5.74) is 4.79. The summed E-state index contributed by atoms with van der Waals surface area (Å²) in [5.74, 6) is 1.81. The van der Waals surface area contributed by atoms with E-state index < -0.39 is 0 Å². The first-order chi connectivity index (χ1) is 9.72. The van der Waals surface area contributed by atoms with Crippen molar-refractivity contribution in [3.8, 4) is 0 Å². The summed E-state index contributed by atoms with van der Waals surface area (Å²) in [7, 11) is 0. The van der Waals surface area contributed by atoms with Gasteiger partial charge in [-0.2, -0.15) is 0 Å². The van der Waals surface area contributed by atoms with Crippen LogP contribution in [0.3, 0.4) is 0 Å². The minimum Gasteiger partial charge on any atom is -0.238 e. The Kier molecular flexibility index (Phi) is 3.54. The Morgan fingerprint density at radius 1 is 1.10 bits per heavy atom. The molecule has 0 amide bonds. The van der Waals surface area contributed by atoms with Gasteiger partial charge in [-0.05, 0) is 28.7 Å². The van der Waals surface area contributed by atoms with Crippen LogP contribution in [0.2, 0.25) is 0 Å². The first-order valence-corrected chi connectivity index (χ1v) is 7.92. The van der Waals surface area contributed by atoms with E-state index in [0.29, 0.717) is 11.8 Å². The minimum atomic E-state index is 0.387. The van der Waals surface area contributed by atoms with Gasteiger partial charge >= 0.3 is 0 Å². The van der Waals surface area contributed by atoms with Crippen LogP contribution in [-0.2, 0) is 5.75 Å². The van der Waals surface area contributed by atoms with Crippen molar-refractivity contribution in [3.05, 3.63) is 70.6 Å². The topological polar surface area (TPSA) is 4.36 Å². The molecule has 0 N–H and O–H groups in total. The van der Waals surface area contributed by atoms with Crippen LogP contribution in [0.5, 0.6) is 0 Å². The number of nitrogens with zero attached hydrogens (tertiary/aromatic N) is 1. The van der Waals surface area contributed by atoms with Crippen LogP contribution in [0.1, 0.15) is 36.5 Å². The van der Waals surface area contributed by atoms with Crippen molar-refractivity contribution in [3.63, 3.8) is 0 Å². The second-order valence-electron chi connectivity index (χ2n) is 5.50. The maximum absolute atomic E-state index is 7.41. The zero-order chi connectivity index (χ0) is 14.1. The van der Waals surface area contributed by atoms with E-state index in [1.807, 2.05) is 23.9 Å². The summed E-state index contributed by atoms with van der Waals surface area (Å²) < 4.78 is 0. The highest BCUT2D eigenvalue weighted by atomic mass is 32.2. The van der Waals surface area contributed by atoms with Gasteiger partial charge < -0.3 is 0 Å². The fraction of sp³-hybridized carbons (Fsp3) is 0.278. The molecule has 1 unspecified atom stereocenters. The number of rotatable bonds is 1. The molecule has 1 heterocycles. The lowest BCUT2D eigenvalue weighted by Gasteiger charge is -2.24. The molecule has 0 fully saturated rings. The van der Waals surface area contributed by atoms with Crippen molar-refractivity contribution in [2.45, 2.75) is 30.4 Å². The third-order valence-electron chi connectivity index (χ3n) is 3.94. The Morgan fingerprint density at radius 3 is 2.60 bits per heavy atom. The summed E-state index contributed by atoms with van der Waals surface area (Å²) in [6.07, 6.45) is 0. The number of hydrogen-bond donors (Lipinski definition) is 0. The Hall–Kier alpha value is -1.72. The van der Waals surface area contributed by atoms with Crippen LogP contribution in [0.15, 0.2) is 47.4 Å². The largest absolute Gasteiger partial charge is 0.238 e. The molecule has 3 rings (SSSR count). The standard InChI is InChI=1S/C18H17NS/c1-12(2)18-13-8-6-9-16(19-3)15(13)11-20-17-10-5-4-7-14(17)18/h4-10,12,18H,11H2,1-2H3. The van der Waals surface area contributed by atoms with Gasteiger partial charge in [0.05, 0.1) is 6.57 Å². The molecule has 0 aliphatic carbocycles. The van der Waals surface area contributed by atoms with Crippen LogP contribution < -0.4 is 0 Å². The predicted octanol–water partition coefficient (Wildman–Crippen LogP) is 5.63. The van der Waals surface area contributed by atoms with Crippen LogP contribution in [0, 0.1) is 12.5 Å². The van der Waals surface area contributed by atoms with Gasteiger partial charge in [-0.15, -0.1) is 11.8 Å². The van der Waals surface area contributed by atoms with Crippen LogP contribution >= 0.6 is 11.8 Å². The summed E-state index contributed by atoms with van der Waals surface area (Å²) >= 11 is 1.86. The van der Waals surface area contributed by atoms with E-state index in [-0.39, 0.29) is 0 Å². The number of benzene rings is 2. The van der Waals surface area contributed by atoms with E-state index in [0.717, 1.165) is 11.4 Å². The van der Waals surface area contributed by atoms with Gasteiger partial charge in [0.15, 0.2) is 5.69 Å². The molecule has 0 bridgehead atoms. The Bertz CT molecular complexity index is 682. The summed E-state index contributed by atoms with van der Waals surface area (Å²) in [6, 6.07) is 14.9. The van der Waals surface area contributed by atoms with E-state index in [1.54, 1.807) is 0 Å². The SMILES string of the molecule is [C-]#[N+]c1cccc2c1CSc1ccccc1C2C(C)C. The first-order valence-electron chi connectivity index (χ1n) is 6.93. The van der Waals surface area contributed by atoms with Crippen molar-refractivity contribution in [2.75, 3.05) is 0 Å². The van der Waals surface area contributed by atoms with E-state index in [2.05, 4.69) is 49.0 Å². The van der Waals surface area contributed by atoms with Gasteiger partial charge in [-0.25, -0.2) is 4.85 Å². The number of hydrogen-bond acceptors (Lipinski definition) is 1. The molecule has 0 spiro atoms. The molecule has 2 aromatic carbocycles. The number of fused-ring (bicyclic) bond motifs is 2. The van der Waals surface area contributed by atoms with E-state index >= 15 is 0 Å². The average molecular weight is 279 g/mol. The zero-order valence-electron chi connectivity index (χ0n) is 11.8. The van der Waals surface area contributed by atoms with Crippen molar-refractivity contribution in [1.29, 1.82) is 0 Å². The summed E-state index contributed by atoms with van der Waals surface area (Å²) in [6.45, 7) is 11.9. The Morgan fingerprint density at radius 2 is 1.85 bits per heavy atom. The third kappa shape index (κ3) is 2.13. The molecule has 1 aliphatic rings. The van der Waals surface area contributed by atoms with Crippen molar-refractivity contribution < 1.29 is 0 Å². The molecule has 100 valence electrons. The van der Waals surface area contributed by atoms with Gasteiger partial charge in [0.25, 0.3) is 0 Å². The molecule has 1 aliphatic heterocycles. The highest BCUT2D eigenvalue weighted by Gasteiger charge is 2.27. The van der Waals surface area contributed by atoms with Crippen LogP contribution in [0.25, 0.3) is 4.85 Å². The molecule has 1 nitrogen and oxygen atoms in total. The molecule has 0 radical (unpaired) electrons. The lowest BCUT2D eigenvalue weighted by molar-refractivity contribution is 0.556. The van der Waals surface area contributed by atoms with Gasteiger partial charge in [-0.1, -0.05) is 50.2 Å². The fourth-order valence-electron chi connectivity index (χ4n) is 3.05. The normalized spacial score (nSPS) is 17.0. The van der Waals surface area contributed by atoms with Crippen molar-refractivity contribution in [1.82, 2.24) is 0 Å². The summed E-state index contributed by atoms with van der Waals surface area (Å²) in [4.78, 5) is 5.08. The minimum absolute atomic E-state index is 0.387. The highest BCUT2D eigenvalue weighted by Crippen LogP contribution is 2.46. The van der Waals surface area contributed by atoms with Crippen molar-refractivity contribution in [2.24, 2.45) is 5.92 Å². The van der Waals surface area contributed by atoms with Crippen LogP contribution in [-0.4, -0.2) is 0 Å². The van der Waals surface area contributed by atoms with E-state index in [1.165, 1.54) is 21.6 Å². The molecule has 2 heteroatoms. The molecular formula is C18H17NS. The third-order valence-corrected chi connectivity index (χ3v) is 5.05. The molecule has 2 aromatic rings. The Balaban J connectivity index is 2.26.